The van der Waals surface area contributed by atoms with Gasteiger partial charge in [-0.05, 0) is 71.1 Å². The van der Waals surface area contributed by atoms with Crippen molar-refractivity contribution in [2.45, 2.75) is 45.4 Å². The van der Waals surface area contributed by atoms with E-state index in [1.54, 1.807) is 0 Å². The van der Waals surface area contributed by atoms with Crippen molar-refractivity contribution in [3.05, 3.63) is 28.5 Å². The summed E-state index contributed by atoms with van der Waals surface area (Å²) in [4.78, 5) is 4.28. The van der Waals surface area contributed by atoms with Gasteiger partial charge in [0.2, 0.25) is 0 Å². The zero-order chi connectivity index (χ0) is 13.7. The third-order valence-corrected chi connectivity index (χ3v) is 4.94. The maximum Gasteiger partial charge on any atom is 0.0410 e. The highest BCUT2D eigenvalue weighted by molar-refractivity contribution is 9.10. The Morgan fingerprint density at radius 1 is 1.32 bits per heavy atom. The van der Waals surface area contributed by atoms with Crippen LogP contribution in [-0.2, 0) is 6.42 Å². The Bertz CT molecular complexity index is 394. The first-order valence-electron chi connectivity index (χ1n) is 7.52. The van der Waals surface area contributed by atoms with Gasteiger partial charge in [-0.1, -0.05) is 26.2 Å². The van der Waals surface area contributed by atoms with E-state index in [1.165, 1.54) is 37.7 Å². The predicted octanol–water partition coefficient (Wildman–Crippen LogP) is 4.18. The fourth-order valence-corrected chi connectivity index (χ4v) is 3.94. The summed E-state index contributed by atoms with van der Waals surface area (Å²) < 4.78 is 1.08. The Balaban J connectivity index is 2.01. The number of nitrogens with zero attached hydrogens (tertiary/aromatic N) is 1. The molecule has 2 N–H and O–H groups in total. The van der Waals surface area contributed by atoms with Crippen LogP contribution in [0.5, 0.6) is 0 Å². The predicted molar refractivity (Wildman–Crippen MR) is 83.9 cm³/mol. The second-order valence-corrected chi connectivity index (χ2v) is 6.85. The summed E-state index contributed by atoms with van der Waals surface area (Å²) in [6.07, 6.45) is 11.7. The number of hydrogen-bond donors (Lipinski definition) is 1. The third-order valence-electron chi connectivity index (χ3n) is 4.51. The summed E-state index contributed by atoms with van der Waals surface area (Å²) in [7, 11) is 0. The van der Waals surface area contributed by atoms with E-state index in [1.807, 2.05) is 12.4 Å². The molecule has 0 bridgehead atoms. The summed E-state index contributed by atoms with van der Waals surface area (Å²) in [6.45, 7) is 3.13. The first kappa shape index (κ1) is 15.0. The quantitative estimate of drug-likeness (QED) is 0.882. The summed E-state index contributed by atoms with van der Waals surface area (Å²) in [5.41, 5.74) is 7.31. The van der Waals surface area contributed by atoms with E-state index in [2.05, 4.69) is 33.9 Å². The number of rotatable bonds is 5. The normalized spacial score (nSPS) is 27.4. The molecule has 19 heavy (non-hydrogen) atoms. The highest BCUT2D eigenvalue weighted by Crippen LogP contribution is 2.37. The summed E-state index contributed by atoms with van der Waals surface area (Å²) in [5.74, 6) is 2.36. The number of hydrogen-bond acceptors (Lipinski definition) is 2. The van der Waals surface area contributed by atoms with Gasteiger partial charge in [0, 0.05) is 16.9 Å². The van der Waals surface area contributed by atoms with Crippen molar-refractivity contribution in [3.8, 4) is 0 Å². The second kappa shape index (κ2) is 7.39. The van der Waals surface area contributed by atoms with E-state index in [4.69, 9.17) is 5.73 Å². The molecule has 0 saturated heterocycles. The lowest BCUT2D eigenvalue weighted by Crippen LogP contribution is -2.31. The van der Waals surface area contributed by atoms with Crippen LogP contribution < -0.4 is 5.73 Å². The zero-order valence-electron chi connectivity index (χ0n) is 11.8. The molecule has 3 unspecified atom stereocenters. The largest absolute Gasteiger partial charge is 0.330 e. The van der Waals surface area contributed by atoms with Gasteiger partial charge in [-0.25, -0.2) is 0 Å². The first-order chi connectivity index (χ1) is 9.22. The molecule has 0 amide bonds. The van der Waals surface area contributed by atoms with Gasteiger partial charge in [0.1, 0.15) is 0 Å². The van der Waals surface area contributed by atoms with Gasteiger partial charge in [0.25, 0.3) is 0 Å². The lowest BCUT2D eigenvalue weighted by atomic mass is 9.71. The lowest BCUT2D eigenvalue weighted by Gasteiger charge is -2.36. The molecule has 1 aliphatic rings. The SMILES string of the molecule is CCCC1CCC(CN)C(Cc2cncc(Br)c2)C1. The highest BCUT2D eigenvalue weighted by Gasteiger charge is 2.29. The van der Waals surface area contributed by atoms with E-state index < -0.39 is 0 Å². The van der Waals surface area contributed by atoms with Gasteiger partial charge in [-0.3, -0.25) is 4.98 Å². The minimum absolute atomic E-state index is 0.701. The Labute approximate surface area is 125 Å². The first-order valence-corrected chi connectivity index (χ1v) is 8.31. The van der Waals surface area contributed by atoms with Crippen molar-refractivity contribution < 1.29 is 0 Å². The van der Waals surface area contributed by atoms with Gasteiger partial charge >= 0.3 is 0 Å². The average Bonchev–Trinajstić information content (AvgIpc) is 2.39. The topological polar surface area (TPSA) is 38.9 Å². The number of aromatic nitrogens is 1. The lowest BCUT2D eigenvalue weighted by molar-refractivity contribution is 0.175. The maximum absolute atomic E-state index is 5.97. The molecule has 106 valence electrons. The van der Waals surface area contributed by atoms with Crippen LogP contribution in [0.15, 0.2) is 22.9 Å². The van der Waals surface area contributed by atoms with Gasteiger partial charge in [-0.2, -0.15) is 0 Å². The molecule has 0 radical (unpaired) electrons. The van der Waals surface area contributed by atoms with Crippen molar-refractivity contribution >= 4 is 15.9 Å². The molecule has 1 fully saturated rings. The van der Waals surface area contributed by atoms with Crippen molar-refractivity contribution in [2.75, 3.05) is 6.54 Å². The fourth-order valence-electron chi connectivity index (χ4n) is 3.52. The molecule has 1 aromatic rings. The van der Waals surface area contributed by atoms with Crippen molar-refractivity contribution in [1.29, 1.82) is 0 Å². The fraction of sp³-hybridized carbons (Fsp3) is 0.688. The van der Waals surface area contributed by atoms with Crippen molar-refractivity contribution in [3.63, 3.8) is 0 Å². The average molecular weight is 325 g/mol. The van der Waals surface area contributed by atoms with Crippen LogP contribution >= 0.6 is 15.9 Å². The molecular weight excluding hydrogens is 300 g/mol. The van der Waals surface area contributed by atoms with E-state index in [0.717, 1.165) is 29.3 Å². The Morgan fingerprint density at radius 3 is 2.84 bits per heavy atom. The molecule has 3 atom stereocenters. The molecule has 2 rings (SSSR count). The molecule has 1 saturated carbocycles. The van der Waals surface area contributed by atoms with Gasteiger partial charge in [0.05, 0.1) is 0 Å². The minimum Gasteiger partial charge on any atom is -0.330 e. The highest BCUT2D eigenvalue weighted by atomic mass is 79.9. The van der Waals surface area contributed by atoms with E-state index in [9.17, 15) is 0 Å². The third kappa shape index (κ3) is 4.28. The Kier molecular flexibility index (Phi) is 5.83. The number of nitrogens with two attached hydrogens (primary N) is 1. The Morgan fingerprint density at radius 2 is 2.16 bits per heavy atom. The zero-order valence-corrected chi connectivity index (χ0v) is 13.4. The molecule has 0 aromatic carbocycles. The second-order valence-electron chi connectivity index (χ2n) is 5.94. The van der Waals surface area contributed by atoms with E-state index >= 15 is 0 Å². The number of halogens is 1. The van der Waals surface area contributed by atoms with E-state index in [-0.39, 0.29) is 0 Å². The molecule has 1 aromatic heterocycles. The summed E-state index contributed by atoms with van der Waals surface area (Å²) >= 11 is 3.51. The summed E-state index contributed by atoms with van der Waals surface area (Å²) in [6, 6.07) is 2.20. The van der Waals surface area contributed by atoms with Crippen LogP contribution in [0.1, 0.15) is 44.6 Å². The molecule has 1 heterocycles. The molecule has 0 spiro atoms. The van der Waals surface area contributed by atoms with Crippen LogP contribution in [-0.4, -0.2) is 11.5 Å². The van der Waals surface area contributed by atoms with E-state index in [0.29, 0.717) is 5.92 Å². The molecule has 1 aliphatic carbocycles. The molecular formula is C16H25BrN2. The standard InChI is InChI=1S/C16H25BrN2/c1-2-3-12-4-5-14(9-18)15(6-12)7-13-8-16(17)11-19-10-13/h8,10-12,14-15H,2-7,9,18H2,1H3. The molecule has 2 nitrogen and oxygen atoms in total. The van der Waals surface area contributed by atoms with Crippen molar-refractivity contribution in [2.24, 2.45) is 23.5 Å². The van der Waals surface area contributed by atoms with Crippen LogP contribution in [0.4, 0.5) is 0 Å². The molecule has 3 heteroatoms. The minimum atomic E-state index is 0.701. The smallest absolute Gasteiger partial charge is 0.0410 e. The van der Waals surface area contributed by atoms with Crippen molar-refractivity contribution in [1.82, 2.24) is 4.98 Å². The Hall–Kier alpha value is -0.410. The summed E-state index contributed by atoms with van der Waals surface area (Å²) in [5, 5.41) is 0. The van der Waals surface area contributed by atoms with Crippen LogP contribution in [0.2, 0.25) is 0 Å². The van der Waals surface area contributed by atoms with Crippen LogP contribution in [0, 0.1) is 17.8 Å². The van der Waals surface area contributed by atoms with Gasteiger partial charge in [0.15, 0.2) is 0 Å². The van der Waals surface area contributed by atoms with Crippen LogP contribution in [0.3, 0.4) is 0 Å². The molecule has 0 aliphatic heterocycles. The van der Waals surface area contributed by atoms with Gasteiger partial charge < -0.3 is 5.73 Å². The maximum atomic E-state index is 5.97. The monoisotopic (exact) mass is 324 g/mol. The number of pyridine rings is 1. The van der Waals surface area contributed by atoms with Crippen LogP contribution in [0.25, 0.3) is 0 Å². The van der Waals surface area contributed by atoms with Gasteiger partial charge in [-0.15, -0.1) is 0 Å².